The standard InChI is InChI=1S/C18H24N4O3/c1-14-4-2-3-5-18(14)15-6-8-20(9-7-15)12-17(23)13-21-11-16(10-19-21)22(24)25/h2-5,10-11,15,17,23H,6-9,12-13H2,1H3/t17-/m0/s1. The number of likely N-dealkylation sites (tertiary alicyclic amines) is 1. The minimum atomic E-state index is -0.588. The number of rotatable bonds is 6. The lowest BCUT2D eigenvalue weighted by atomic mass is 9.87. The van der Waals surface area contributed by atoms with E-state index in [0.717, 1.165) is 25.9 Å². The highest BCUT2D eigenvalue weighted by atomic mass is 16.6. The van der Waals surface area contributed by atoms with E-state index in [1.165, 1.54) is 28.2 Å². The zero-order valence-electron chi connectivity index (χ0n) is 14.4. The van der Waals surface area contributed by atoms with Gasteiger partial charge in [-0.2, -0.15) is 5.10 Å². The lowest BCUT2D eigenvalue weighted by Crippen LogP contribution is -2.39. The van der Waals surface area contributed by atoms with Gasteiger partial charge in [0.25, 0.3) is 0 Å². The third kappa shape index (κ3) is 4.43. The Kier molecular flexibility index (Phi) is 5.45. The van der Waals surface area contributed by atoms with Gasteiger partial charge < -0.3 is 10.0 Å². The quantitative estimate of drug-likeness (QED) is 0.642. The summed E-state index contributed by atoms with van der Waals surface area (Å²) in [5, 5.41) is 24.9. The Balaban J connectivity index is 1.48. The highest BCUT2D eigenvalue weighted by molar-refractivity contribution is 5.29. The molecule has 25 heavy (non-hydrogen) atoms. The number of aryl methyl sites for hydroxylation is 1. The van der Waals surface area contributed by atoms with Crippen LogP contribution in [0.15, 0.2) is 36.7 Å². The molecule has 7 heteroatoms. The minimum Gasteiger partial charge on any atom is -0.390 e. The van der Waals surface area contributed by atoms with Gasteiger partial charge in [0.05, 0.1) is 17.6 Å². The number of aliphatic hydroxyl groups is 1. The van der Waals surface area contributed by atoms with Gasteiger partial charge in [-0.1, -0.05) is 24.3 Å². The van der Waals surface area contributed by atoms with E-state index in [4.69, 9.17) is 0 Å². The number of hydrogen-bond donors (Lipinski definition) is 1. The topological polar surface area (TPSA) is 84.4 Å². The summed E-state index contributed by atoms with van der Waals surface area (Å²) in [5.74, 6) is 0.586. The zero-order chi connectivity index (χ0) is 17.8. The van der Waals surface area contributed by atoms with E-state index in [0.29, 0.717) is 12.5 Å². The monoisotopic (exact) mass is 344 g/mol. The molecular weight excluding hydrogens is 320 g/mol. The average Bonchev–Trinajstić information content (AvgIpc) is 3.05. The SMILES string of the molecule is Cc1ccccc1C1CCN(C[C@H](O)Cn2cc([N+](=O)[O-])cn2)CC1. The minimum absolute atomic E-state index is 0.0498. The molecule has 1 aliphatic heterocycles. The van der Waals surface area contributed by atoms with Crippen LogP contribution in [-0.2, 0) is 6.54 Å². The van der Waals surface area contributed by atoms with Crippen molar-refractivity contribution in [1.82, 2.24) is 14.7 Å². The van der Waals surface area contributed by atoms with Crippen LogP contribution in [0.1, 0.15) is 29.9 Å². The number of piperidine rings is 1. The number of hydrogen-bond acceptors (Lipinski definition) is 5. The Bertz CT molecular complexity index is 723. The van der Waals surface area contributed by atoms with Crippen molar-refractivity contribution in [1.29, 1.82) is 0 Å². The van der Waals surface area contributed by atoms with Crippen LogP contribution in [-0.4, -0.2) is 50.4 Å². The summed E-state index contributed by atoms with van der Waals surface area (Å²) >= 11 is 0. The maximum absolute atomic E-state index is 10.7. The predicted molar refractivity (Wildman–Crippen MR) is 94.5 cm³/mol. The lowest BCUT2D eigenvalue weighted by Gasteiger charge is -2.33. The molecular formula is C18H24N4O3. The van der Waals surface area contributed by atoms with Crippen LogP contribution in [0.25, 0.3) is 0 Å². The molecule has 0 unspecified atom stereocenters. The summed E-state index contributed by atoms with van der Waals surface area (Å²) in [5.41, 5.74) is 2.74. The molecule has 0 radical (unpaired) electrons. The van der Waals surface area contributed by atoms with Crippen LogP contribution < -0.4 is 0 Å². The molecule has 1 fully saturated rings. The van der Waals surface area contributed by atoms with Gasteiger partial charge >= 0.3 is 5.69 Å². The van der Waals surface area contributed by atoms with Crippen molar-refractivity contribution in [3.63, 3.8) is 0 Å². The van der Waals surface area contributed by atoms with Crippen LogP contribution in [0.2, 0.25) is 0 Å². The fraction of sp³-hybridized carbons (Fsp3) is 0.500. The molecule has 1 aromatic heterocycles. The molecule has 0 bridgehead atoms. The number of benzene rings is 1. The highest BCUT2D eigenvalue weighted by Crippen LogP contribution is 2.30. The van der Waals surface area contributed by atoms with Crippen LogP contribution in [0.3, 0.4) is 0 Å². The van der Waals surface area contributed by atoms with E-state index < -0.39 is 11.0 Å². The molecule has 1 aliphatic rings. The third-order valence-electron chi connectivity index (χ3n) is 4.91. The van der Waals surface area contributed by atoms with Crippen LogP contribution >= 0.6 is 0 Å². The summed E-state index contributed by atoms with van der Waals surface area (Å²) in [7, 11) is 0. The van der Waals surface area contributed by atoms with Crippen LogP contribution in [0, 0.1) is 17.0 Å². The lowest BCUT2D eigenvalue weighted by molar-refractivity contribution is -0.385. The first-order chi connectivity index (χ1) is 12.0. The second-order valence-corrected chi connectivity index (χ2v) is 6.76. The van der Waals surface area contributed by atoms with Gasteiger partial charge in [-0.05, 0) is 49.9 Å². The molecule has 0 saturated carbocycles. The summed E-state index contributed by atoms with van der Waals surface area (Å²) in [6.45, 7) is 4.90. The van der Waals surface area contributed by atoms with Crippen LogP contribution in [0.4, 0.5) is 5.69 Å². The van der Waals surface area contributed by atoms with E-state index in [-0.39, 0.29) is 12.2 Å². The number of aliphatic hydroxyl groups excluding tert-OH is 1. The van der Waals surface area contributed by atoms with Crippen molar-refractivity contribution in [2.24, 2.45) is 0 Å². The first-order valence-corrected chi connectivity index (χ1v) is 8.65. The van der Waals surface area contributed by atoms with Crippen molar-refractivity contribution in [2.75, 3.05) is 19.6 Å². The van der Waals surface area contributed by atoms with Gasteiger partial charge in [-0.15, -0.1) is 0 Å². The Morgan fingerprint density at radius 3 is 2.68 bits per heavy atom. The fourth-order valence-electron chi connectivity index (χ4n) is 3.59. The molecule has 134 valence electrons. The van der Waals surface area contributed by atoms with Gasteiger partial charge in [0, 0.05) is 6.54 Å². The van der Waals surface area contributed by atoms with Gasteiger partial charge in [-0.3, -0.25) is 14.8 Å². The second kappa shape index (κ2) is 7.76. The Labute approximate surface area is 147 Å². The van der Waals surface area contributed by atoms with Crippen molar-refractivity contribution in [2.45, 2.75) is 38.3 Å². The molecule has 7 nitrogen and oxygen atoms in total. The first-order valence-electron chi connectivity index (χ1n) is 8.65. The number of aromatic nitrogens is 2. The molecule has 2 aromatic rings. The average molecular weight is 344 g/mol. The Morgan fingerprint density at radius 2 is 2.04 bits per heavy atom. The normalized spacial score (nSPS) is 17.5. The zero-order valence-corrected chi connectivity index (χ0v) is 14.4. The molecule has 0 spiro atoms. The maximum atomic E-state index is 10.7. The summed E-state index contributed by atoms with van der Waals surface area (Å²) in [6, 6.07) is 8.55. The van der Waals surface area contributed by atoms with Gasteiger partial charge in [-0.25, -0.2) is 0 Å². The van der Waals surface area contributed by atoms with Crippen molar-refractivity contribution in [3.8, 4) is 0 Å². The second-order valence-electron chi connectivity index (χ2n) is 6.76. The van der Waals surface area contributed by atoms with Crippen molar-refractivity contribution >= 4 is 5.69 Å². The molecule has 1 N–H and O–H groups in total. The largest absolute Gasteiger partial charge is 0.390 e. The Hall–Kier alpha value is -2.25. The first kappa shape index (κ1) is 17.6. The molecule has 3 rings (SSSR count). The Morgan fingerprint density at radius 1 is 1.32 bits per heavy atom. The van der Waals surface area contributed by atoms with Crippen molar-refractivity contribution < 1.29 is 10.0 Å². The number of β-amino-alcohol motifs (C(OH)–C–C–N with tert-alkyl or cyclic N) is 1. The van der Waals surface area contributed by atoms with Gasteiger partial charge in [0.1, 0.15) is 12.4 Å². The maximum Gasteiger partial charge on any atom is 0.306 e. The van der Waals surface area contributed by atoms with E-state index >= 15 is 0 Å². The number of nitrogens with zero attached hydrogens (tertiary/aromatic N) is 4. The van der Waals surface area contributed by atoms with Crippen molar-refractivity contribution in [3.05, 3.63) is 57.9 Å². The fourth-order valence-corrected chi connectivity index (χ4v) is 3.59. The summed E-state index contributed by atoms with van der Waals surface area (Å²) < 4.78 is 1.43. The van der Waals surface area contributed by atoms with E-state index in [1.807, 2.05) is 0 Å². The van der Waals surface area contributed by atoms with Crippen LogP contribution in [0.5, 0.6) is 0 Å². The highest BCUT2D eigenvalue weighted by Gasteiger charge is 2.23. The van der Waals surface area contributed by atoms with E-state index in [1.54, 1.807) is 0 Å². The van der Waals surface area contributed by atoms with Gasteiger partial charge in [0.2, 0.25) is 0 Å². The smallest absolute Gasteiger partial charge is 0.306 e. The molecule has 0 aliphatic carbocycles. The molecule has 1 atom stereocenters. The molecule has 1 aromatic carbocycles. The molecule has 0 amide bonds. The summed E-state index contributed by atoms with van der Waals surface area (Å²) in [6.07, 6.45) is 4.15. The summed E-state index contributed by atoms with van der Waals surface area (Å²) in [4.78, 5) is 12.5. The molecule has 1 saturated heterocycles. The third-order valence-corrected chi connectivity index (χ3v) is 4.91. The molecule has 2 heterocycles. The number of nitro groups is 1. The van der Waals surface area contributed by atoms with E-state index in [2.05, 4.69) is 41.2 Å². The van der Waals surface area contributed by atoms with E-state index in [9.17, 15) is 15.2 Å². The predicted octanol–water partition coefficient (Wildman–Crippen LogP) is 2.34. The van der Waals surface area contributed by atoms with Gasteiger partial charge in [0.15, 0.2) is 0 Å².